The number of carbonyl (C=O) groups excluding carboxylic acids is 3. The van der Waals surface area contributed by atoms with Crippen LogP contribution in [0.3, 0.4) is 0 Å². The van der Waals surface area contributed by atoms with E-state index in [0.29, 0.717) is 19.3 Å². The summed E-state index contributed by atoms with van der Waals surface area (Å²) in [4.78, 5) is 38.2. The molecule has 0 saturated carbocycles. The van der Waals surface area contributed by atoms with Crippen LogP contribution in [0, 0.1) is 0 Å². The fraction of sp³-hybridized carbons (Fsp3) is 0.682. The molecule has 1 unspecified atom stereocenters. The number of rotatable bonds is 53. The molecular weight excluding hydrogens is 889 g/mol. The third-order valence-electron chi connectivity index (χ3n) is 12.6. The molecule has 0 spiro atoms. The topological polar surface area (TPSA) is 78.9 Å². The molecule has 1 atom stereocenters. The average Bonchev–Trinajstić information content (AvgIpc) is 3.38. The lowest BCUT2D eigenvalue weighted by Gasteiger charge is -2.18. The van der Waals surface area contributed by atoms with Gasteiger partial charge < -0.3 is 14.2 Å². The maximum atomic E-state index is 12.9. The van der Waals surface area contributed by atoms with E-state index in [1.807, 2.05) is 24.3 Å². The van der Waals surface area contributed by atoms with Gasteiger partial charge >= 0.3 is 17.9 Å². The van der Waals surface area contributed by atoms with Gasteiger partial charge in [0, 0.05) is 19.3 Å². The van der Waals surface area contributed by atoms with Gasteiger partial charge in [0.15, 0.2) is 6.10 Å². The fourth-order valence-corrected chi connectivity index (χ4v) is 8.12. The SMILES string of the molecule is CCC\C=C/C=C\C=C/C=C\C=C/CCCCCCCC(=O)OCC(COC(=O)CCCCCCC/C=C\CCCCCCCCCCC)OC(=O)CCCCCCC\C=C/C=C\C=C/CCCCCCC. The number of unbranched alkanes of at least 4 members (excludes halogenated alkanes) is 30. The van der Waals surface area contributed by atoms with E-state index in [1.165, 1.54) is 116 Å². The van der Waals surface area contributed by atoms with Crippen molar-refractivity contribution < 1.29 is 28.6 Å². The first-order valence-electron chi connectivity index (χ1n) is 30.0. The van der Waals surface area contributed by atoms with Crippen molar-refractivity contribution in [3.05, 3.63) is 109 Å². The summed E-state index contributed by atoms with van der Waals surface area (Å²) < 4.78 is 16.9. The minimum Gasteiger partial charge on any atom is -0.462 e. The maximum absolute atomic E-state index is 12.9. The summed E-state index contributed by atoms with van der Waals surface area (Å²) in [6.45, 7) is 6.50. The number of carbonyl (C=O) groups is 3. The number of hydrogen-bond donors (Lipinski definition) is 0. The molecule has 0 N–H and O–H groups in total. The van der Waals surface area contributed by atoms with E-state index in [-0.39, 0.29) is 31.1 Å². The molecule has 0 bridgehead atoms. The number of esters is 3. The van der Waals surface area contributed by atoms with Gasteiger partial charge in [-0.15, -0.1) is 0 Å². The van der Waals surface area contributed by atoms with Crippen molar-refractivity contribution in [2.75, 3.05) is 13.2 Å². The standard InChI is InChI=1S/C66H110O6/c1-4-7-10-13-16-19-22-25-28-31-34-37-40-43-46-49-52-55-58-64(67)70-61-63(72-66(69)60-57-54-51-48-45-42-39-36-33-30-27-24-21-18-15-12-9-6-3)62-71-65(68)59-56-53-50-47-44-41-38-35-32-29-26-23-20-17-14-11-8-5-2/h10,13,16,19,22,24-25,27-28,30-31,33-39,63H,4-9,11-12,14-15,17-18,20-21,23,26,29,32,40-62H2,1-3H3/b13-10-,19-16-,25-22-,27-24-,31-28-,33-30-,37-34-,38-35-,39-36-. The highest BCUT2D eigenvalue weighted by atomic mass is 16.6. The van der Waals surface area contributed by atoms with Crippen LogP contribution < -0.4 is 0 Å². The Kier molecular flexibility index (Phi) is 56.4. The zero-order valence-electron chi connectivity index (χ0n) is 46.9. The van der Waals surface area contributed by atoms with Gasteiger partial charge in [0.1, 0.15) is 13.2 Å². The summed E-state index contributed by atoms with van der Waals surface area (Å²) in [5.41, 5.74) is 0. The Morgan fingerprint density at radius 1 is 0.278 bits per heavy atom. The van der Waals surface area contributed by atoms with Gasteiger partial charge in [-0.25, -0.2) is 0 Å². The highest BCUT2D eigenvalue weighted by Gasteiger charge is 2.19. The van der Waals surface area contributed by atoms with Crippen LogP contribution in [0.5, 0.6) is 0 Å². The molecule has 0 aromatic rings. The second-order valence-electron chi connectivity index (χ2n) is 19.7. The first-order chi connectivity index (χ1) is 35.5. The van der Waals surface area contributed by atoms with E-state index >= 15 is 0 Å². The van der Waals surface area contributed by atoms with Crippen LogP contribution in [0.1, 0.15) is 271 Å². The van der Waals surface area contributed by atoms with Gasteiger partial charge in [0.25, 0.3) is 0 Å². The molecular formula is C66H110O6. The van der Waals surface area contributed by atoms with E-state index in [4.69, 9.17) is 14.2 Å². The Bertz CT molecular complexity index is 1470. The Hall–Kier alpha value is -3.93. The summed E-state index contributed by atoms with van der Waals surface area (Å²) in [7, 11) is 0. The number of allylic oxidation sites excluding steroid dienone is 18. The van der Waals surface area contributed by atoms with Gasteiger partial charge in [-0.05, 0) is 89.9 Å². The van der Waals surface area contributed by atoms with Crippen molar-refractivity contribution in [2.45, 2.75) is 277 Å². The van der Waals surface area contributed by atoms with Crippen LogP contribution in [0.4, 0.5) is 0 Å². The summed E-state index contributed by atoms with van der Waals surface area (Å²) in [6.07, 6.45) is 80.7. The Morgan fingerprint density at radius 2 is 0.542 bits per heavy atom. The molecule has 6 nitrogen and oxygen atoms in total. The molecule has 0 aliphatic rings. The molecule has 0 aromatic heterocycles. The van der Waals surface area contributed by atoms with E-state index < -0.39 is 6.10 Å². The molecule has 0 rings (SSSR count). The Balaban J connectivity index is 4.51. The van der Waals surface area contributed by atoms with E-state index in [0.717, 1.165) is 116 Å². The summed E-state index contributed by atoms with van der Waals surface area (Å²) >= 11 is 0. The summed E-state index contributed by atoms with van der Waals surface area (Å²) in [5.74, 6) is -0.950. The van der Waals surface area contributed by atoms with Crippen molar-refractivity contribution in [2.24, 2.45) is 0 Å². The number of hydrogen-bond acceptors (Lipinski definition) is 6. The number of ether oxygens (including phenoxy) is 3. The third-order valence-corrected chi connectivity index (χ3v) is 12.6. The van der Waals surface area contributed by atoms with Crippen LogP contribution in [0.15, 0.2) is 109 Å². The van der Waals surface area contributed by atoms with Crippen molar-refractivity contribution >= 4 is 17.9 Å². The van der Waals surface area contributed by atoms with E-state index in [1.54, 1.807) is 0 Å². The Morgan fingerprint density at radius 3 is 0.875 bits per heavy atom. The van der Waals surface area contributed by atoms with E-state index in [2.05, 4.69) is 106 Å². The molecule has 0 radical (unpaired) electrons. The van der Waals surface area contributed by atoms with Crippen molar-refractivity contribution in [1.82, 2.24) is 0 Å². The predicted octanol–water partition coefficient (Wildman–Crippen LogP) is 20.3. The lowest BCUT2D eigenvalue weighted by Crippen LogP contribution is -2.30. The summed E-state index contributed by atoms with van der Waals surface area (Å²) in [5, 5.41) is 0. The van der Waals surface area contributed by atoms with Crippen LogP contribution in [0.2, 0.25) is 0 Å². The molecule has 6 heteroatoms. The quantitative estimate of drug-likeness (QED) is 0.0199. The zero-order chi connectivity index (χ0) is 52.2. The molecule has 0 saturated heterocycles. The first kappa shape index (κ1) is 68.1. The van der Waals surface area contributed by atoms with Gasteiger partial charge in [0.05, 0.1) is 0 Å². The molecule has 0 aliphatic carbocycles. The smallest absolute Gasteiger partial charge is 0.306 e. The van der Waals surface area contributed by atoms with Crippen LogP contribution in [-0.4, -0.2) is 37.2 Å². The maximum Gasteiger partial charge on any atom is 0.306 e. The predicted molar refractivity (Wildman–Crippen MR) is 311 cm³/mol. The van der Waals surface area contributed by atoms with E-state index in [9.17, 15) is 14.4 Å². The van der Waals surface area contributed by atoms with Crippen LogP contribution in [0.25, 0.3) is 0 Å². The molecule has 410 valence electrons. The largest absolute Gasteiger partial charge is 0.462 e. The summed E-state index contributed by atoms with van der Waals surface area (Å²) in [6, 6.07) is 0. The minimum absolute atomic E-state index is 0.101. The average molecular weight is 1000 g/mol. The molecule has 0 amide bonds. The third kappa shape index (κ3) is 57.0. The lowest BCUT2D eigenvalue weighted by atomic mass is 10.1. The zero-order valence-corrected chi connectivity index (χ0v) is 46.9. The Labute approximate surface area is 444 Å². The first-order valence-corrected chi connectivity index (χ1v) is 30.0. The van der Waals surface area contributed by atoms with Crippen LogP contribution >= 0.6 is 0 Å². The molecule has 0 aromatic carbocycles. The minimum atomic E-state index is -0.806. The highest BCUT2D eigenvalue weighted by Crippen LogP contribution is 2.15. The van der Waals surface area contributed by atoms with Crippen molar-refractivity contribution in [1.29, 1.82) is 0 Å². The second kappa shape index (κ2) is 59.6. The lowest BCUT2D eigenvalue weighted by molar-refractivity contribution is -0.167. The van der Waals surface area contributed by atoms with Gasteiger partial charge in [-0.1, -0.05) is 271 Å². The highest BCUT2D eigenvalue weighted by molar-refractivity contribution is 5.71. The fourth-order valence-electron chi connectivity index (χ4n) is 8.12. The molecule has 0 aliphatic heterocycles. The van der Waals surface area contributed by atoms with Gasteiger partial charge in [-0.2, -0.15) is 0 Å². The molecule has 72 heavy (non-hydrogen) atoms. The second-order valence-corrected chi connectivity index (χ2v) is 19.7. The van der Waals surface area contributed by atoms with Crippen molar-refractivity contribution in [3.63, 3.8) is 0 Å². The molecule has 0 fully saturated rings. The van der Waals surface area contributed by atoms with Crippen LogP contribution in [-0.2, 0) is 28.6 Å². The van der Waals surface area contributed by atoms with Gasteiger partial charge in [0.2, 0.25) is 0 Å². The normalized spacial score (nSPS) is 12.9. The van der Waals surface area contributed by atoms with Crippen molar-refractivity contribution in [3.8, 4) is 0 Å². The monoisotopic (exact) mass is 999 g/mol. The van der Waals surface area contributed by atoms with Gasteiger partial charge in [-0.3, -0.25) is 14.4 Å². The molecule has 0 heterocycles.